The van der Waals surface area contributed by atoms with E-state index in [1.54, 1.807) is 0 Å². The molecule has 4 nitrogen and oxygen atoms in total. The van der Waals surface area contributed by atoms with Crippen LogP contribution >= 0.6 is 0 Å². The van der Waals surface area contributed by atoms with Crippen molar-refractivity contribution in [3.05, 3.63) is 18.0 Å². The molecule has 1 rings (SSSR count). The molecule has 0 saturated carbocycles. The number of anilines is 1. The lowest BCUT2D eigenvalue weighted by Crippen LogP contribution is -2.32. The second-order valence-electron chi connectivity index (χ2n) is 3.63. The van der Waals surface area contributed by atoms with Crippen LogP contribution in [-0.2, 0) is 6.18 Å². The summed E-state index contributed by atoms with van der Waals surface area (Å²) in [6.45, 7) is 5.32. The van der Waals surface area contributed by atoms with Crippen LogP contribution < -0.4 is 10.6 Å². The van der Waals surface area contributed by atoms with Gasteiger partial charge >= 0.3 is 6.18 Å². The van der Waals surface area contributed by atoms with Crippen LogP contribution in [0.1, 0.15) is 19.4 Å². The van der Waals surface area contributed by atoms with E-state index in [4.69, 9.17) is 0 Å². The molecule has 0 bridgehead atoms. The zero-order chi connectivity index (χ0) is 12.9. The molecule has 1 aromatic heterocycles. The van der Waals surface area contributed by atoms with E-state index in [1.165, 1.54) is 0 Å². The van der Waals surface area contributed by atoms with E-state index in [0.29, 0.717) is 6.54 Å². The molecule has 1 atom stereocenters. The van der Waals surface area contributed by atoms with Crippen molar-refractivity contribution >= 4 is 5.95 Å². The summed E-state index contributed by atoms with van der Waals surface area (Å²) < 4.78 is 36.7. The summed E-state index contributed by atoms with van der Waals surface area (Å²) in [4.78, 5) is 7.21. The van der Waals surface area contributed by atoms with Crippen LogP contribution in [0.25, 0.3) is 0 Å². The smallest absolute Gasteiger partial charge is 0.353 e. The molecule has 1 heterocycles. The van der Waals surface area contributed by atoms with Crippen LogP contribution in [0.2, 0.25) is 0 Å². The highest BCUT2D eigenvalue weighted by Gasteiger charge is 2.31. The number of alkyl halides is 3. The van der Waals surface area contributed by atoms with Gasteiger partial charge in [-0.25, -0.2) is 9.97 Å². The molecule has 7 heteroatoms. The Morgan fingerprint density at radius 3 is 2.35 bits per heavy atom. The lowest BCUT2D eigenvalue weighted by atomic mass is 10.3. The van der Waals surface area contributed by atoms with Gasteiger partial charge in [-0.15, -0.1) is 0 Å². The largest absolute Gasteiger partial charge is 0.419 e. The first-order valence-corrected chi connectivity index (χ1v) is 5.30. The first-order chi connectivity index (χ1) is 7.93. The fraction of sp³-hybridized carbons (Fsp3) is 0.600. The number of likely N-dealkylation sites (N-methyl/N-ethyl adjacent to an activating group) is 1. The van der Waals surface area contributed by atoms with Crippen molar-refractivity contribution in [3.8, 4) is 0 Å². The highest BCUT2D eigenvalue weighted by molar-refractivity contribution is 5.25. The molecule has 0 aliphatic rings. The van der Waals surface area contributed by atoms with Gasteiger partial charge in [-0.2, -0.15) is 13.2 Å². The molecule has 0 fully saturated rings. The summed E-state index contributed by atoms with van der Waals surface area (Å²) in [5, 5.41) is 6.01. The van der Waals surface area contributed by atoms with Crippen LogP contribution in [0, 0.1) is 0 Å². The number of halogens is 3. The normalized spacial score (nSPS) is 13.5. The topological polar surface area (TPSA) is 49.8 Å². The van der Waals surface area contributed by atoms with Crippen molar-refractivity contribution in [2.24, 2.45) is 0 Å². The Kier molecular flexibility index (Phi) is 4.68. The van der Waals surface area contributed by atoms with Crippen molar-refractivity contribution < 1.29 is 13.2 Å². The van der Waals surface area contributed by atoms with E-state index in [0.717, 1.165) is 18.9 Å². The van der Waals surface area contributed by atoms with Crippen LogP contribution in [0.3, 0.4) is 0 Å². The first-order valence-electron chi connectivity index (χ1n) is 5.30. The first kappa shape index (κ1) is 13.7. The lowest BCUT2D eigenvalue weighted by Gasteiger charge is -2.13. The Morgan fingerprint density at radius 1 is 1.29 bits per heavy atom. The maximum absolute atomic E-state index is 12.2. The molecule has 0 unspecified atom stereocenters. The third kappa shape index (κ3) is 4.56. The van der Waals surface area contributed by atoms with Crippen LogP contribution in [0.4, 0.5) is 19.1 Å². The van der Waals surface area contributed by atoms with Crippen molar-refractivity contribution in [3.63, 3.8) is 0 Å². The molecule has 0 saturated heterocycles. The Balaban J connectivity index is 2.51. The minimum absolute atomic E-state index is 0.197. The zero-order valence-electron chi connectivity index (χ0n) is 9.67. The Morgan fingerprint density at radius 2 is 1.88 bits per heavy atom. The SMILES string of the molecule is CCN[C@@H](C)CNc1ncc(C(F)(F)F)cn1. The lowest BCUT2D eigenvalue weighted by molar-refractivity contribution is -0.138. The standard InChI is InChI=1S/C10H15F3N4/c1-3-14-7(2)4-15-9-16-5-8(6-17-9)10(11,12)13/h5-7,14H,3-4H2,1-2H3,(H,15,16,17)/t7-/m0/s1. The van der Waals surface area contributed by atoms with Gasteiger partial charge in [-0.1, -0.05) is 6.92 Å². The van der Waals surface area contributed by atoms with Gasteiger partial charge in [0.1, 0.15) is 0 Å². The van der Waals surface area contributed by atoms with Gasteiger partial charge in [-0.05, 0) is 13.5 Å². The molecule has 0 aromatic carbocycles. The number of nitrogens with one attached hydrogen (secondary N) is 2. The second-order valence-corrected chi connectivity index (χ2v) is 3.63. The van der Waals surface area contributed by atoms with Gasteiger partial charge in [-0.3, -0.25) is 0 Å². The summed E-state index contributed by atoms with van der Waals surface area (Å²) in [5.41, 5.74) is -0.845. The van der Waals surface area contributed by atoms with Crippen molar-refractivity contribution in [1.82, 2.24) is 15.3 Å². The minimum atomic E-state index is -4.39. The van der Waals surface area contributed by atoms with Crippen LogP contribution in [0.15, 0.2) is 12.4 Å². The van der Waals surface area contributed by atoms with E-state index in [1.807, 2.05) is 13.8 Å². The molecule has 0 amide bonds. The molecule has 0 aliphatic heterocycles. The number of hydrogen-bond acceptors (Lipinski definition) is 4. The monoisotopic (exact) mass is 248 g/mol. The molecular weight excluding hydrogens is 233 g/mol. The quantitative estimate of drug-likeness (QED) is 0.835. The van der Waals surface area contributed by atoms with Crippen molar-refractivity contribution in [2.45, 2.75) is 26.1 Å². The number of rotatable bonds is 5. The maximum atomic E-state index is 12.2. The zero-order valence-corrected chi connectivity index (χ0v) is 9.67. The highest BCUT2D eigenvalue weighted by atomic mass is 19.4. The van der Waals surface area contributed by atoms with Crippen molar-refractivity contribution in [2.75, 3.05) is 18.4 Å². The molecule has 0 radical (unpaired) electrons. The molecule has 2 N–H and O–H groups in total. The fourth-order valence-corrected chi connectivity index (χ4v) is 1.23. The van der Waals surface area contributed by atoms with E-state index in [9.17, 15) is 13.2 Å². The third-order valence-electron chi connectivity index (χ3n) is 2.10. The average Bonchev–Trinajstić information content (AvgIpc) is 2.26. The van der Waals surface area contributed by atoms with Crippen LogP contribution in [0.5, 0.6) is 0 Å². The Hall–Kier alpha value is -1.37. The predicted molar refractivity (Wildman–Crippen MR) is 58.7 cm³/mol. The van der Waals surface area contributed by atoms with Gasteiger partial charge in [0, 0.05) is 25.0 Å². The van der Waals surface area contributed by atoms with Crippen molar-refractivity contribution in [1.29, 1.82) is 0 Å². The Labute approximate surface area is 97.7 Å². The summed E-state index contributed by atoms with van der Waals surface area (Å²) >= 11 is 0. The fourth-order valence-electron chi connectivity index (χ4n) is 1.23. The van der Waals surface area contributed by atoms with Gasteiger partial charge in [0.05, 0.1) is 5.56 Å². The van der Waals surface area contributed by atoms with E-state index >= 15 is 0 Å². The van der Waals surface area contributed by atoms with Gasteiger partial charge in [0.2, 0.25) is 5.95 Å². The summed E-state index contributed by atoms with van der Waals surface area (Å²) in [7, 11) is 0. The minimum Gasteiger partial charge on any atom is -0.353 e. The molecule has 96 valence electrons. The molecule has 1 aromatic rings. The van der Waals surface area contributed by atoms with Gasteiger partial charge in [0.15, 0.2) is 0 Å². The van der Waals surface area contributed by atoms with E-state index in [2.05, 4.69) is 20.6 Å². The highest BCUT2D eigenvalue weighted by Crippen LogP contribution is 2.27. The summed E-state index contributed by atoms with van der Waals surface area (Å²) in [6.07, 6.45) is -2.85. The summed E-state index contributed by atoms with van der Waals surface area (Å²) in [6, 6.07) is 0.200. The number of aromatic nitrogens is 2. The average molecular weight is 248 g/mol. The van der Waals surface area contributed by atoms with Crippen LogP contribution in [-0.4, -0.2) is 29.1 Å². The maximum Gasteiger partial charge on any atom is 0.419 e. The molecule has 17 heavy (non-hydrogen) atoms. The van der Waals surface area contributed by atoms with E-state index in [-0.39, 0.29) is 12.0 Å². The number of hydrogen-bond donors (Lipinski definition) is 2. The molecule has 0 spiro atoms. The second kappa shape index (κ2) is 5.81. The summed E-state index contributed by atoms with van der Waals surface area (Å²) in [5.74, 6) is 0.197. The van der Waals surface area contributed by atoms with Gasteiger partial charge < -0.3 is 10.6 Å². The van der Waals surface area contributed by atoms with E-state index < -0.39 is 11.7 Å². The third-order valence-corrected chi connectivity index (χ3v) is 2.10. The predicted octanol–water partition coefficient (Wildman–Crippen LogP) is 1.91. The number of nitrogens with zero attached hydrogens (tertiary/aromatic N) is 2. The molecular formula is C10H15F3N4. The Bertz CT molecular complexity index is 336. The van der Waals surface area contributed by atoms with Gasteiger partial charge in [0.25, 0.3) is 0 Å². The molecule has 0 aliphatic carbocycles.